The molecular weight excluding hydrogens is 665 g/mol. The van der Waals surface area contributed by atoms with Crippen molar-refractivity contribution in [2.75, 3.05) is 0 Å². The van der Waals surface area contributed by atoms with Crippen LogP contribution in [0, 0.1) is 0 Å². The molecule has 0 unspecified atom stereocenters. The van der Waals surface area contributed by atoms with Gasteiger partial charge in [-0.1, -0.05) is 140 Å². The molecule has 0 N–H and O–H groups in total. The van der Waals surface area contributed by atoms with E-state index in [4.69, 9.17) is 0 Å². The average molecular weight is 699 g/mol. The molecule has 2 aromatic heterocycles. The first kappa shape index (κ1) is 30.3. The summed E-state index contributed by atoms with van der Waals surface area (Å²) >= 11 is 0. The minimum Gasteiger partial charge on any atom is -0.309 e. The van der Waals surface area contributed by atoms with Gasteiger partial charge in [0.25, 0.3) is 0 Å². The van der Waals surface area contributed by atoms with Gasteiger partial charge in [0.1, 0.15) is 0 Å². The molecule has 0 aliphatic heterocycles. The third kappa shape index (κ3) is 4.49. The summed E-state index contributed by atoms with van der Waals surface area (Å²) in [5, 5.41) is 7.64. The predicted octanol–water partition coefficient (Wildman–Crippen LogP) is 13.9. The second kappa shape index (κ2) is 11.7. The lowest BCUT2D eigenvalue weighted by Crippen LogP contribution is -1.95. The van der Waals surface area contributed by atoms with Gasteiger partial charge >= 0.3 is 0 Å². The summed E-state index contributed by atoms with van der Waals surface area (Å²) in [7, 11) is 0. The van der Waals surface area contributed by atoms with Crippen LogP contribution in [0.4, 0.5) is 0 Å². The van der Waals surface area contributed by atoms with E-state index >= 15 is 0 Å². The maximum Gasteiger partial charge on any atom is 0.0547 e. The SMILES string of the molecule is c1ccc(-c2ccc(-n3c4ccccc4c4cc(-c5ccc6c(c5)c5c7c(ccc5n6-c5cccc6ccccc56)Cc5ccccc5-7)ccc43)cc2)cc1. The topological polar surface area (TPSA) is 9.86 Å². The smallest absolute Gasteiger partial charge is 0.0547 e. The van der Waals surface area contributed by atoms with Crippen molar-refractivity contribution in [1.82, 2.24) is 9.13 Å². The van der Waals surface area contributed by atoms with E-state index in [0.717, 1.165) is 12.1 Å². The van der Waals surface area contributed by atoms with Crippen molar-refractivity contribution in [3.63, 3.8) is 0 Å². The maximum absolute atomic E-state index is 2.50. The highest BCUT2D eigenvalue weighted by atomic mass is 15.0. The van der Waals surface area contributed by atoms with E-state index in [-0.39, 0.29) is 0 Å². The highest BCUT2D eigenvalue weighted by Crippen LogP contribution is 2.47. The number of aromatic nitrogens is 2. The minimum absolute atomic E-state index is 0.970. The van der Waals surface area contributed by atoms with Crippen LogP contribution in [-0.4, -0.2) is 9.13 Å². The Balaban J connectivity index is 1.07. The van der Waals surface area contributed by atoms with Gasteiger partial charge in [-0.15, -0.1) is 0 Å². The van der Waals surface area contributed by atoms with Gasteiger partial charge in [-0.2, -0.15) is 0 Å². The van der Waals surface area contributed by atoms with E-state index in [1.807, 2.05) is 0 Å². The van der Waals surface area contributed by atoms with Gasteiger partial charge in [0.15, 0.2) is 0 Å². The van der Waals surface area contributed by atoms with Gasteiger partial charge in [0.2, 0.25) is 0 Å². The lowest BCUT2D eigenvalue weighted by Gasteiger charge is -2.12. The third-order valence-corrected chi connectivity index (χ3v) is 11.9. The monoisotopic (exact) mass is 698 g/mol. The van der Waals surface area contributed by atoms with Crippen LogP contribution in [0.1, 0.15) is 11.1 Å². The Morgan fingerprint density at radius 1 is 0.345 bits per heavy atom. The molecule has 9 aromatic carbocycles. The molecular formula is C53H34N2. The van der Waals surface area contributed by atoms with Crippen LogP contribution < -0.4 is 0 Å². The summed E-state index contributed by atoms with van der Waals surface area (Å²) < 4.78 is 4.91. The first-order valence-electron chi connectivity index (χ1n) is 19.1. The largest absolute Gasteiger partial charge is 0.309 e. The fourth-order valence-electron chi connectivity index (χ4n) is 9.44. The number of hydrogen-bond acceptors (Lipinski definition) is 0. The van der Waals surface area contributed by atoms with Crippen molar-refractivity contribution in [3.05, 3.63) is 205 Å². The molecule has 2 heterocycles. The molecule has 0 fully saturated rings. The molecule has 0 bridgehead atoms. The predicted molar refractivity (Wildman–Crippen MR) is 232 cm³/mol. The van der Waals surface area contributed by atoms with E-state index in [1.165, 1.54) is 105 Å². The minimum atomic E-state index is 0.970. The molecule has 0 spiro atoms. The Labute approximate surface area is 318 Å². The van der Waals surface area contributed by atoms with Crippen LogP contribution in [-0.2, 0) is 6.42 Å². The fourth-order valence-corrected chi connectivity index (χ4v) is 9.44. The Hall–Kier alpha value is -7.16. The number of para-hydroxylation sites is 1. The van der Waals surface area contributed by atoms with Crippen LogP contribution in [0.15, 0.2) is 194 Å². The normalized spacial score (nSPS) is 12.3. The summed E-state index contributed by atoms with van der Waals surface area (Å²) in [5.74, 6) is 0. The van der Waals surface area contributed by atoms with Crippen LogP contribution in [0.5, 0.6) is 0 Å². The molecule has 1 aliphatic rings. The van der Waals surface area contributed by atoms with E-state index < -0.39 is 0 Å². The summed E-state index contributed by atoms with van der Waals surface area (Å²) in [6, 6.07) is 71.6. The van der Waals surface area contributed by atoms with Crippen molar-refractivity contribution in [3.8, 4) is 44.8 Å². The molecule has 2 nitrogen and oxygen atoms in total. The van der Waals surface area contributed by atoms with E-state index in [9.17, 15) is 0 Å². The molecule has 11 aromatic rings. The summed E-state index contributed by atoms with van der Waals surface area (Å²) in [4.78, 5) is 0. The molecule has 12 rings (SSSR count). The first-order chi connectivity index (χ1) is 27.3. The molecule has 256 valence electrons. The fraction of sp³-hybridized carbons (Fsp3) is 0.0189. The number of benzene rings is 9. The van der Waals surface area contributed by atoms with E-state index in [2.05, 4.69) is 203 Å². The maximum atomic E-state index is 2.50. The van der Waals surface area contributed by atoms with Gasteiger partial charge in [0.05, 0.1) is 27.8 Å². The van der Waals surface area contributed by atoms with Gasteiger partial charge in [-0.3, -0.25) is 0 Å². The molecule has 0 saturated heterocycles. The zero-order valence-corrected chi connectivity index (χ0v) is 30.1. The van der Waals surface area contributed by atoms with Gasteiger partial charge in [-0.05, 0) is 111 Å². The van der Waals surface area contributed by atoms with Crippen molar-refractivity contribution in [2.24, 2.45) is 0 Å². The molecule has 2 heteroatoms. The highest BCUT2D eigenvalue weighted by molar-refractivity contribution is 6.19. The summed E-state index contributed by atoms with van der Waals surface area (Å²) in [5.41, 5.74) is 17.7. The van der Waals surface area contributed by atoms with Gasteiger partial charge < -0.3 is 9.13 Å². The number of nitrogens with zero attached hydrogens (tertiary/aromatic N) is 2. The lowest BCUT2D eigenvalue weighted by molar-refractivity contribution is 1.18. The van der Waals surface area contributed by atoms with Crippen LogP contribution in [0.2, 0.25) is 0 Å². The van der Waals surface area contributed by atoms with Gasteiger partial charge in [-0.25, -0.2) is 0 Å². The lowest BCUT2D eigenvalue weighted by atomic mass is 9.96. The van der Waals surface area contributed by atoms with Crippen LogP contribution in [0.3, 0.4) is 0 Å². The van der Waals surface area contributed by atoms with Crippen molar-refractivity contribution in [2.45, 2.75) is 6.42 Å². The number of fused-ring (bicyclic) bond motifs is 11. The molecule has 1 aliphatic carbocycles. The second-order valence-electron chi connectivity index (χ2n) is 14.9. The Bertz CT molecular complexity index is 3320. The molecule has 0 atom stereocenters. The highest BCUT2D eigenvalue weighted by Gasteiger charge is 2.25. The quantitative estimate of drug-likeness (QED) is 0.173. The van der Waals surface area contributed by atoms with Crippen LogP contribution in [0.25, 0.3) is 99.1 Å². The Morgan fingerprint density at radius 2 is 0.964 bits per heavy atom. The zero-order chi connectivity index (χ0) is 36.0. The molecule has 55 heavy (non-hydrogen) atoms. The molecule has 0 amide bonds. The number of rotatable bonds is 4. The summed E-state index contributed by atoms with van der Waals surface area (Å²) in [6.07, 6.45) is 0.970. The van der Waals surface area contributed by atoms with E-state index in [0.29, 0.717) is 0 Å². The van der Waals surface area contributed by atoms with Gasteiger partial charge in [0, 0.05) is 32.6 Å². The third-order valence-electron chi connectivity index (χ3n) is 11.9. The molecule has 0 radical (unpaired) electrons. The summed E-state index contributed by atoms with van der Waals surface area (Å²) in [6.45, 7) is 0. The van der Waals surface area contributed by atoms with Crippen molar-refractivity contribution >= 4 is 54.4 Å². The zero-order valence-electron chi connectivity index (χ0n) is 30.1. The first-order valence-corrected chi connectivity index (χ1v) is 19.1. The van der Waals surface area contributed by atoms with Crippen molar-refractivity contribution < 1.29 is 0 Å². The standard InChI is InChI=1S/C53H34N2/c1-2-11-34(12-3-1)35-21-26-41(27-22-35)54-48-19-9-8-18-44(48)45-32-37(23-28-49(45)54)38-24-29-50-46(33-38)53-51(30-25-40-31-39-14-5-7-17-43(39)52(40)53)55(50)47-20-10-15-36-13-4-6-16-42(36)47/h1-30,32-33H,31H2. The van der Waals surface area contributed by atoms with Crippen molar-refractivity contribution in [1.29, 1.82) is 0 Å². The Kier molecular flexibility index (Phi) is 6.43. The second-order valence-corrected chi connectivity index (χ2v) is 14.9. The van der Waals surface area contributed by atoms with Crippen LogP contribution >= 0.6 is 0 Å². The Morgan fingerprint density at radius 3 is 1.82 bits per heavy atom. The average Bonchev–Trinajstić information content (AvgIpc) is 3.91. The molecule has 0 saturated carbocycles. The van der Waals surface area contributed by atoms with E-state index in [1.54, 1.807) is 0 Å². The number of hydrogen-bond donors (Lipinski definition) is 0.